The molecule has 1 atom stereocenters. The van der Waals surface area contributed by atoms with Gasteiger partial charge in [0.15, 0.2) is 0 Å². The summed E-state index contributed by atoms with van der Waals surface area (Å²) >= 11 is 0. The van der Waals surface area contributed by atoms with Crippen molar-refractivity contribution in [2.45, 2.75) is 64.9 Å². The lowest BCUT2D eigenvalue weighted by Crippen LogP contribution is -2.27. The average molecular weight is 285 g/mol. The second-order valence-electron chi connectivity index (χ2n) is 6.92. The highest BCUT2D eigenvalue weighted by Crippen LogP contribution is 2.44. The van der Waals surface area contributed by atoms with Crippen LogP contribution in [0, 0.1) is 22.7 Å². The number of aliphatic hydroxyl groups is 1. The van der Waals surface area contributed by atoms with Crippen LogP contribution < -0.4 is 0 Å². The Morgan fingerprint density at radius 2 is 1.67 bits per heavy atom. The number of nitrogens with zero attached hydrogens (tertiary/aromatic N) is 1. The molecule has 2 heteroatoms. The number of hydrogen-bond acceptors (Lipinski definition) is 2. The third kappa shape index (κ3) is 3.86. The van der Waals surface area contributed by atoms with E-state index in [-0.39, 0.29) is 0 Å². The minimum absolute atomic E-state index is 0.587. The van der Waals surface area contributed by atoms with Gasteiger partial charge in [-0.05, 0) is 36.3 Å². The third-order valence-electron chi connectivity index (χ3n) is 4.68. The highest BCUT2D eigenvalue weighted by molar-refractivity contribution is 5.27. The van der Waals surface area contributed by atoms with E-state index in [2.05, 4.69) is 32.0 Å². The monoisotopic (exact) mass is 285 g/mol. The van der Waals surface area contributed by atoms with Gasteiger partial charge in [-0.15, -0.1) is 0 Å². The van der Waals surface area contributed by atoms with Gasteiger partial charge in [0, 0.05) is 0 Å². The van der Waals surface area contributed by atoms with Gasteiger partial charge >= 0.3 is 0 Å². The molecule has 0 aliphatic heterocycles. The first-order valence-electron chi connectivity index (χ1n) is 8.25. The molecule has 0 aromatic heterocycles. The van der Waals surface area contributed by atoms with Gasteiger partial charge in [-0.25, -0.2) is 0 Å². The first-order valence-corrected chi connectivity index (χ1v) is 8.25. The van der Waals surface area contributed by atoms with Crippen LogP contribution in [0.1, 0.15) is 69.6 Å². The Bertz CT molecular complexity index is 475. The van der Waals surface area contributed by atoms with Crippen molar-refractivity contribution in [2.75, 3.05) is 0 Å². The summed E-state index contributed by atoms with van der Waals surface area (Å²) in [5.74, 6) is 0.632. The maximum absolute atomic E-state index is 10.8. The van der Waals surface area contributed by atoms with E-state index in [1.807, 2.05) is 12.1 Å². The Balaban J connectivity index is 2.17. The van der Waals surface area contributed by atoms with Crippen LogP contribution in [0.25, 0.3) is 0 Å². The van der Waals surface area contributed by atoms with Crippen LogP contribution in [0.15, 0.2) is 24.3 Å². The highest BCUT2D eigenvalue weighted by Gasteiger charge is 2.39. The summed E-state index contributed by atoms with van der Waals surface area (Å²) in [6.07, 6.45) is 6.50. The minimum atomic E-state index is -0.659. The number of nitriles is 1. The van der Waals surface area contributed by atoms with Gasteiger partial charge in [-0.2, -0.15) is 5.26 Å². The van der Waals surface area contributed by atoms with E-state index in [9.17, 15) is 10.4 Å². The molecule has 21 heavy (non-hydrogen) atoms. The molecule has 0 amide bonds. The van der Waals surface area contributed by atoms with Gasteiger partial charge in [0.05, 0.1) is 17.6 Å². The molecule has 114 valence electrons. The molecule has 0 spiro atoms. The van der Waals surface area contributed by atoms with Crippen molar-refractivity contribution < 1.29 is 5.11 Å². The highest BCUT2D eigenvalue weighted by atomic mass is 16.3. The van der Waals surface area contributed by atoms with Gasteiger partial charge < -0.3 is 5.11 Å². The lowest BCUT2D eigenvalue weighted by molar-refractivity contribution is 0.0516. The van der Waals surface area contributed by atoms with E-state index in [0.717, 1.165) is 37.7 Å². The molecule has 1 unspecified atom stereocenters. The van der Waals surface area contributed by atoms with Gasteiger partial charge in [-0.1, -0.05) is 63.8 Å². The van der Waals surface area contributed by atoms with Crippen LogP contribution in [0.5, 0.6) is 0 Å². The molecule has 2 nitrogen and oxygen atoms in total. The van der Waals surface area contributed by atoms with E-state index in [1.165, 1.54) is 18.4 Å². The zero-order chi connectivity index (χ0) is 15.3. The molecule has 1 N–H and O–H groups in total. The summed E-state index contributed by atoms with van der Waals surface area (Å²) in [6, 6.07) is 10.7. The predicted molar refractivity (Wildman–Crippen MR) is 85.7 cm³/mol. The van der Waals surface area contributed by atoms with Crippen LogP contribution in [0.3, 0.4) is 0 Å². The molecular formula is C19H27NO. The Hall–Kier alpha value is -1.33. The molecule has 1 aromatic rings. The van der Waals surface area contributed by atoms with Crippen molar-refractivity contribution in [3.8, 4) is 6.07 Å². The van der Waals surface area contributed by atoms with Crippen molar-refractivity contribution in [1.29, 1.82) is 5.26 Å². The Morgan fingerprint density at radius 3 is 2.14 bits per heavy atom. The van der Waals surface area contributed by atoms with E-state index >= 15 is 0 Å². The molecule has 1 fully saturated rings. The quantitative estimate of drug-likeness (QED) is 0.809. The molecule has 1 aliphatic carbocycles. The molecule has 0 saturated heterocycles. The molecule has 0 bridgehead atoms. The van der Waals surface area contributed by atoms with Crippen LogP contribution in [-0.2, 0) is 6.42 Å². The molecule has 1 aliphatic rings. The minimum Gasteiger partial charge on any atom is -0.387 e. The van der Waals surface area contributed by atoms with Crippen LogP contribution >= 0.6 is 0 Å². The van der Waals surface area contributed by atoms with Gasteiger partial charge in [0.1, 0.15) is 0 Å². The van der Waals surface area contributed by atoms with Gasteiger partial charge in [-0.3, -0.25) is 0 Å². The van der Waals surface area contributed by atoms with Crippen molar-refractivity contribution in [3.63, 3.8) is 0 Å². The maximum atomic E-state index is 10.8. The van der Waals surface area contributed by atoms with Crippen molar-refractivity contribution in [1.82, 2.24) is 0 Å². The summed E-state index contributed by atoms with van der Waals surface area (Å²) in [5, 5.41) is 20.4. The third-order valence-corrected chi connectivity index (χ3v) is 4.68. The fourth-order valence-corrected chi connectivity index (χ4v) is 3.43. The number of aliphatic hydroxyl groups excluding tert-OH is 1. The first-order chi connectivity index (χ1) is 10.1. The topological polar surface area (TPSA) is 44.0 Å². The number of hydrogen-bond donors (Lipinski definition) is 1. The van der Waals surface area contributed by atoms with Crippen molar-refractivity contribution in [3.05, 3.63) is 35.4 Å². The summed E-state index contributed by atoms with van der Waals surface area (Å²) < 4.78 is 0. The molecule has 1 aromatic carbocycles. The van der Waals surface area contributed by atoms with Crippen LogP contribution in [-0.4, -0.2) is 5.11 Å². The van der Waals surface area contributed by atoms with Crippen LogP contribution in [0.4, 0.5) is 0 Å². The molecule has 0 heterocycles. The second-order valence-corrected chi connectivity index (χ2v) is 6.92. The van der Waals surface area contributed by atoms with E-state index in [0.29, 0.717) is 5.92 Å². The lowest BCUT2D eigenvalue weighted by atomic mass is 9.74. The standard InChI is InChI=1S/C19H27NO/c1-15(2)13-16-7-9-17(10-8-16)18(21)19(14-20)11-5-3-4-6-12-19/h7-10,15,18,21H,3-6,11-13H2,1-2H3. The molecule has 0 radical (unpaired) electrons. The summed E-state index contributed by atoms with van der Waals surface area (Å²) in [5.41, 5.74) is 1.61. The zero-order valence-electron chi connectivity index (χ0n) is 13.3. The number of benzene rings is 1. The molecule has 2 rings (SSSR count). The first kappa shape index (κ1) is 16.0. The normalized spacial score (nSPS) is 19.8. The summed E-state index contributed by atoms with van der Waals surface area (Å²) in [4.78, 5) is 0. The predicted octanol–water partition coefficient (Wildman–Crippen LogP) is 4.78. The summed E-state index contributed by atoms with van der Waals surface area (Å²) in [7, 11) is 0. The van der Waals surface area contributed by atoms with Gasteiger partial charge in [0.25, 0.3) is 0 Å². The summed E-state index contributed by atoms with van der Waals surface area (Å²) in [6.45, 7) is 4.41. The number of rotatable bonds is 4. The largest absolute Gasteiger partial charge is 0.387 e. The van der Waals surface area contributed by atoms with E-state index < -0.39 is 11.5 Å². The van der Waals surface area contributed by atoms with Gasteiger partial charge in [0.2, 0.25) is 0 Å². The fourth-order valence-electron chi connectivity index (χ4n) is 3.43. The van der Waals surface area contributed by atoms with E-state index in [1.54, 1.807) is 0 Å². The Morgan fingerprint density at radius 1 is 1.10 bits per heavy atom. The molecular weight excluding hydrogens is 258 g/mol. The average Bonchev–Trinajstić information content (AvgIpc) is 2.73. The smallest absolute Gasteiger partial charge is 0.0976 e. The Labute approximate surface area is 128 Å². The lowest BCUT2D eigenvalue weighted by Gasteiger charge is -2.31. The van der Waals surface area contributed by atoms with Crippen LogP contribution in [0.2, 0.25) is 0 Å². The van der Waals surface area contributed by atoms with Crippen molar-refractivity contribution >= 4 is 0 Å². The molecule has 1 saturated carbocycles. The van der Waals surface area contributed by atoms with Crippen molar-refractivity contribution in [2.24, 2.45) is 11.3 Å². The van der Waals surface area contributed by atoms with E-state index in [4.69, 9.17) is 0 Å². The SMILES string of the molecule is CC(C)Cc1ccc(C(O)C2(C#N)CCCCCC2)cc1. The Kier molecular flexibility index (Phi) is 5.42. The maximum Gasteiger partial charge on any atom is 0.0976 e. The zero-order valence-corrected chi connectivity index (χ0v) is 13.3. The fraction of sp³-hybridized carbons (Fsp3) is 0.632. The second kappa shape index (κ2) is 7.09.